The Hall–Kier alpha value is -1.99. The Balaban J connectivity index is 1.42. The highest BCUT2D eigenvalue weighted by Gasteiger charge is 2.29. The summed E-state index contributed by atoms with van der Waals surface area (Å²) in [4.78, 5) is 24.6. The average molecular weight is 414 g/mol. The summed E-state index contributed by atoms with van der Waals surface area (Å²) in [7, 11) is 0. The number of aryl methyl sites for hydroxylation is 2. The molecule has 0 bridgehead atoms. The van der Waals surface area contributed by atoms with Crippen molar-refractivity contribution < 1.29 is 9.18 Å². The van der Waals surface area contributed by atoms with Crippen molar-refractivity contribution in [3.8, 4) is 0 Å². The Morgan fingerprint density at radius 2 is 2.04 bits per heavy atom. The number of carbonyl (C=O) groups excluding carboxylic acids is 1. The first-order valence-electron chi connectivity index (χ1n) is 9.68. The Labute approximate surface area is 171 Å². The largest absolute Gasteiger partial charge is 0.323 e. The number of amides is 1. The molecule has 2 aliphatic carbocycles. The molecule has 4 nitrogen and oxygen atoms in total. The van der Waals surface area contributed by atoms with E-state index in [4.69, 9.17) is 9.97 Å². The predicted octanol–water partition coefficient (Wildman–Crippen LogP) is 5.32. The van der Waals surface area contributed by atoms with Crippen molar-refractivity contribution in [3.05, 3.63) is 46.3 Å². The molecule has 3 aromatic rings. The van der Waals surface area contributed by atoms with Gasteiger partial charge in [0, 0.05) is 16.2 Å². The second-order valence-electron chi connectivity index (χ2n) is 7.37. The van der Waals surface area contributed by atoms with Crippen molar-refractivity contribution in [1.82, 2.24) is 9.97 Å². The highest BCUT2D eigenvalue weighted by Crippen LogP contribution is 2.43. The summed E-state index contributed by atoms with van der Waals surface area (Å²) in [5, 5.41) is 4.72. The van der Waals surface area contributed by atoms with Gasteiger partial charge in [0.25, 0.3) is 0 Å². The lowest BCUT2D eigenvalue weighted by Crippen LogP contribution is -2.15. The van der Waals surface area contributed by atoms with Crippen LogP contribution in [0.25, 0.3) is 10.2 Å². The van der Waals surface area contributed by atoms with Crippen molar-refractivity contribution in [2.24, 2.45) is 0 Å². The van der Waals surface area contributed by atoms with E-state index in [1.54, 1.807) is 29.5 Å². The number of carbonyl (C=O) groups is 1. The molecule has 0 saturated heterocycles. The molecule has 0 radical (unpaired) electrons. The number of hydrogen-bond donors (Lipinski definition) is 1. The SMILES string of the molecule is O=C(CSc1nc(C2CC2)nc2sc3c(c12)CCCC3)Nc1ccccc1F. The van der Waals surface area contributed by atoms with Gasteiger partial charge in [0.15, 0.2) is 0 Å². The van der Waals surface area contributed by atoms with E-state index in [1.807, 2.05) is 0 Å². The normalized spacial score (nSPS) is 16.2. The molecule has 0 aliphatic heterocycles. The number of anilines is 1. The number of halogens is 1. The number of aromatic nitrogens is 2. The molecule has 0 spiro atoms. The van der Waals surface area contributed by atoms with Crippen LogP contribution >= 0.6 is 23.1 Å². The van der Waals surface area contributed by atoms with E-state index in [0.717, 1.165) is 46.8 Å². The van der Waals surface area contributed by atoms with Crippen LogP contribution in [0.2, 0.25) is 0 Å². The summed E-state index contributed by atoms with van der Waals surface area (Å²) in [5.74, 6) is 0.945. The molecule has 1 fully saturated rings. The van der Waals surface area contributed by atoms with Gasteiger partial charge in [-0.25, -0.2) is 14.4 Å². The summed E-state index contributed by atoms with van der Waals surface area (Å²) < 4.78 is 13.8. The van der Waals surface area contributed by atoms with Crippen LogP contribution in [0.5, 0.6) is 0 Å². The molecule has 2 aliphatic rings. The topological polar surface area (TPSA) is 54.9 Å². The van der Waals surface area contributed by atoms with Gasteiger partial charge in [0.1, 0.15) is 21.5 Å². The molecule has 7 heteroatoms. The first kappa shape index (κ1) is 18.1. The molecule has 1 N–H and O–H groups in total. The number of nitrogens with zero attached hydrogens (tertiary/aromatic N) is 2. The fraction of sp³-hybridized carbons (Fsp3) is 0.381. The van der Waals surface area contributed by atoms with E-state index < -0.39 is 5.82 Å². The lowest BCUT2D eigenvalue weighted by atomic mass is 9.97. The van der Waals surface area contributed by atoms with E-state index in [0.29, 0.717) is 5.92 Å². The van der Waals surface area contributed by atoms with Crippen molar-refractivity contribution in [3.63, 3.8) is 0 Å². The quantitative estimate of drug-likeness (QED) is 0.454. The number of thioether (sulfide) groups is 1. The first-order valence-corrected chi connectivity index (χ1v) is 11.5. The molecule has 0 unspecified atom stereocenters. The first-order chi connectivity index (χ1) is 13.7. The Morgan fingerprint density at radius 1 is 1.21 bits per heavy atom. The van der Waals surface area contributed by atoms with Crippen LogP contribution in [0.4, 0.5) is 10.1 Å². The van der Waals surface area contributed by atoms with Gasteiger partial charge in [-0.05, 0) is 56.2 Å². The number of thiophene rings is 1. The zero-order chi connectivity index (χ0) is 19.1. The van der Waals surface area contributed by atoms with E-state index in [2.05, 4.69) is 5.32 Å². The zero-order valence-electron chi connectivity index (χ0n) is 15.3. The number of benzene rings is 1. The number of fused-ring (bicyclic) bond motifs is 3. The van der Waals surface area contributed by atoms with Crippen LogP contribution in [0.1, 0.15) is 47.9 Å². The maximum atomic E-state index is 13.8. The molecule has 2 heterocycles. The molecule has 2 aromatic heterocycles. The van der Waals surface area contributed by atoms with Crippen LogP contribution in [-0.4, -0.2) is 21.6 Å². The van der Waals surface area contributed by atoms with Crippen LogP contribution in [0.15, 0.2) is 29.3 Å². The lowest BCUT2D eigenvalue weighted by molar-refractivity contribution is -0.113. The van der Waals surface area contributed by atoms with Crippen LogP contribution in [0.3, 0.4) is 0 Å². The van der Waals surface area contributed by atoms with Gasteiger partial charge in [-0.15, -0.1) is 11.3 Å². The summed E-state index contributed by atoms with van der Waals surface area (Å²) in [6.45, 7) is 0. The summed E-state index contributed by atoms with van der Waals surface area (Å²) in [6, 6.07) is 6.23. The third-order valence-electron chi connectivity index (χ3n) is 5.23. The number of rotatable bonds is 5. The average Bonchev–Trinajstić information content (AvgIpc) is 3.48. The van der Waals surface area contributed by atoms with Crippen molar-refractivity contribution in [2.45, 2.75) is 49.5 Å². The number of para-hydroxylation sites is 1. The molecule has 1 amide bonds. The van der Waals surface area contributed by atoms with Crippen LogP contribution in [0, 0.1) is 5.82 Å². The highest BCUT2D eigenvalue weighted by molar-refractivity contribution is 8.00. The molecular weight excluding hydrogens is 393 g/mol. The van der Waals surface area contributed by atoms with Crippen LogP contribution in [-0.2, 0) is 17.6 Å². The monoisotopic (exact) mass is 413 g/mol. The van der Waals surface area contributed by atoms with E-state index in [9.17, 15) is 9.18 Å². The molecule has 0 atom stereocenters. The van der Waals surface area contributed by atoms with Gasteiger partial charge >= 0.3 is 0 Å². The Kier molecular flexibility index (Phi) is 4.80. The molecule has 1 saturated carbocycles. The summed E-state index contributed by atoms with van der Waals surface area (Å²) in [5.41, 5.74) is 1.60. The third-order valence-corrected chi connectivity index (χ3v) is 7.39. The van der Waals surface area contributed by atoms with Gasteiger partial charge < -0.3 is 5.32 Å². The van der Waals surface area contributed by atoms with Crippen LogP contribution < -0.4 is 5.32 Å². The summed E-state index contributed by atoms with van der Waals surface area (Å²) >= 11 is 3.24. The Bertz CT molecular complexity index is 1060. The van der Waals surface area contributed by atoms with E-state index in [1.165, 1.54) is 41.1 Å². The van der Waals surface area contributed by atoms with Crippen molar-refractivity contribution in [2.75, 3.05) is 11.1 Å². The fourth-order valence-corrected chi connectivity index (χ4v) is 5.85. The van der Waals surface area contributed by atoms with Gasteiger partial charge in [-0.2, -0.15) is 0 Å². The molecule has 5 rings (SSSR count). The van der Waals surface area contributed by atoms with Gasteiger partial charge in [-0.1, -0.05) is 23.9 Å². The smallest absolute Gasteiger partial charge is 0.234 e. The maximum Gasteiger partial charge on any atom is 0.234 e. The minimum Gasteiger partial charge on any atom is -0.323 e. The third kappa shape index (κ3) is 3.53. The minimum atomic E-state index is -0.423. The molecule has 1 aromatic carbocycles. The molecular formula is C21H20FN3OS2. The van der Waals surface area contributed by atoms with E-state index >= 15 is 0 Å². The number of nitrogens with one attached hydrogen (secondary N) is 1. The minimum absolute atomic E-state index is 0.204. The highest BCUT2D eigenvalue weighted by atomic mass is 32.2. The molecule has 28 heavy (non-hydrogen) atoms. The van der Waals surface area contributed by atoms with Gasteiger partial charge in [0.2, 0.25) is 5.91 Å². The Morgan fingerprint density at radius 3 is 2.86 bits per heavy atom. The standard InChI is InChI=1S/C21H20FN3OS2/c22-14-6-2-3-7-15(14)23-17(26)11-27-20-18-13-5-1-4-8-16(13)28-21(18)25-19(24-20)12-9-10-12/h2-3,6-7,12H,1,4-5,8-11H2,(H,23,26). The van der Waals surface area contributed by atoms with Gasteiger partial charge in [-0.3, -0.25) is 4.79 Å². The maximum absolute atomic E-state index is 13.8. The predicted molar refractivity (Wildman–Crippen MR) is 112 cm³/mol. The zero-order valence-corrected chi connectivity index (χ0v) is 17.0. The number of hydrogen-bond acceptors (Lipinski definition) is 5. The van der Waals surface area contributed by atoms with Gasteiger partial charge in [0.05, 0.1) is 11.4 Å². The van der Waals surface area contributed by atoms with Crippen molar-refractivity contribution >= 4 is 44.9 Å². The fourth-order valence-electron chi connectivity index (χ4n) is 3.65. The van der Waals surface area contributed by atoms with Crippen molar-refractivity contribution in [1.29, 1.82) is 0 Å². The second-order valence-corrected chi connectivity index (χ2v) is 9.42. The molecule has 144 valence electrons. The lowest BCUT2D eigenvalue weighted by Gasteiger charge is -2.12. The van der Waals surface area contributed by atoms with E-state index in [-0.39, 0.29) is 17.3 Å². The second kappa shape index (κ2) is 7.44. The summed E-state index contributed by atoms with van der Waals surface area (Å²) in [6.07, 6.45) is 6.91.